The fraction of sp³-hybridized carbons (Fsp3) is 0.917. The molecule has 2 unspecified atom stereocenters. The number of carbonyl (C=O) groups excluding carboxylic acids is 1. The fourth-order valence-electron chi connectivity index (χ4n) is 2.24. The quantitative estimate of drug-likeness (QED) is 0.739. The van der Waals surface area contributed by atoms with Gasteiger partial charge in [0, 0.05) is 25.0 Å². The molecule has 0 aromatic heterocycles. The molecule has 5 nitrogen and oxygen atoms in total. The van der Waals surface area contributed by atoms with Gasteiger partial charge in [-0.1, -0.05) is 20.3 Å². The first kappa shape index (κ1) is 15.4. The lowest BCUT2D eigenvalue weighted by Crippen LogP contribution is -2.48. The van der Waals surface area contributed by atoms with Gasteiger partial charge in [-0.3, -0.25) is 4.79 Å². The van der Waals surface area contributed by atoms with Crippen molar-refractivity contribution < 1.29 is 13.2 Å². The van der Waals surface area contributed by atoms with Gasteiger partial charge in [-0.15, -0.1) is 0 Å². The second kappa shape index (κ2) is 7.09. The van der Waals surface area contributed by atoms with Gasteiger partial charge in [-0.2, -0.15) is 0 Å². The molecule has 0 aliphatic carbocycles. The summed E-state index contributed by atoms with van der Waals surface area (Å²) in [5, 5.41) is 6.06. The van der Waals surface area contributed by atoms with E-state index in [-0.39, 0.29) is 35.9 Å². The summed E-state index contributed by atoms with van der Waals surface area (Å²) in [5.41, 5.74) is 0. The highest BCUT2D eigenvalue weighted by molar-refractivity contribution is 7.91. The molecule has 1 saturated heterocycles. The lowest BCUT2D eigenvalue weighted by atomic mass is 10.1. The molecule has 1 heterocycles. The van der Waals surface area contributed by atoms with Crippen molar-refractivity contribution >= 4 is 15.7 Å². The number of rotatable bonds is 6. The summed E-state index contributed by atoms with van der Waals surface area (Å²) >= 11 is 0. The summed E-state index contributed by atoms with van der Waals surface area (Å²) in [5.74, 6) is 0.202. The van der Waals surface area contributed by atoms with E-state index in [0.717, 1.165) is 19.3 Å². The fourth-order valence-corrected chi connectivity index (χ4v) is 3.68. The van der Waals surface area contributed by atoms with Crippen LogP contribution < -0.4 is 10.6 Å². The zero-order valence-corrected chi connectivity index (χ0v) is 12.1. The van der Waals surface area contributed by atoms with Gasteiger partial charge in [0.25, 0.3) is 0 Å². The Morgan fingerprint density at radius 3 is 2.72 bits per heavy atom. The van der Waals surface area contributed by atoms with Gasteiger partial charge in [0.2, 0.25) is 5.91 Å². The van der Waals surface area contributed by atoms with Crippen LogP contribution in [-0.2, 0) is 14.6 Å². The number of carbonyl (C=O) groups is 1. The second-order valence-corrected chi connectivity index (χ2v) is 7.16. The van der Waals surface area contributed by atoms with Crippen molar-refractivity contribution in [2.45, 2.75) is 51.6 Å². The molecule has 0 radical (unpaired) electrons. The molecule has 18 heavy (non-hydrogen) atoms. The molecule has 1 aliphatic rings. The van der Waals surface area contributed by atoms with Gasteiger partial charge < -0.3 is 10.6 Å². The zero-order valence-electron chi connectivity index (χ0n) is 11.2. The van der Waals surface area contributed by atoms with Gasteiger partial charge in [0.1, 0.15) is 0 Å². The molecule has 1 fully saturated rings. The van der Waals surface area contributed by atoms with Crippen molar-refractivity contribution in [3.05, 3.63) is 0 Å². The van der Waals surface area contributed by atoms with Gasteiger partial charge in [-0.05, 0) is 12.8 Å². The summed E-state index contributed by atoms with van der Waals surface area (Å²) in [4.78, 5) is 11.8. The first-order chi connectivity index (χ1) is 8.46. The maximum Gasteiger partial charge on any atom is 0.221 e. The van der Waals surface area contributed by atoms with Crippen LogP contribution >= 0.6 is 0 Å². The number of sulfone groups is 1. The number of nitrogens with one attached hydrogen (secondary N) is 2. The largest absolute Gasteiger partial charge is 0.353 e. The van der Waals surface area contributed by atoms with Crippen molar-refractivity contribution in [1.82, 2.24) is 10.6 Å². The zero-order chi connectivity index (χ0) is 13.6. The summed E-state index contributed by atoms with van der Waals surface area (Å²) in [6.45, 7) is 4.58. The smallest absolute Gasteiger partial charge is 0.221 e. The van der Waals surface area contributed by atoms with Crippen molar-refractivity contribution in [1.29, 1.82) is 0 Å². The predicted octanol–water partition coefficient (Wildman–Crippen LogP) is 0.458. The van der Waals surface area contributed by atoms with Gasteiger partial charge in [-0.25, -0.2) is 8.42 Å². The molecule has 106 valence electrons. The Labute approximate surface area is 110 Å². The van der Waals surface area contributed by atoms with Crippen LogP contribution in [0, 0.1) is 0 Å². The van der Waals surface area contributed by atoms with Crippen LogP contribution in [0.25, 0.3) is 0 Å². The highest BCUT2D eigenvalue weighted by Crippen LogP contribution is 2.06. The predicted molar refractivity (Wildman–Crippen MR) is 72.2 cm³/mol. The van der Waals surface area contributed by atoms with Crippen LogP contribution in [0.3, 0.4) is 0 Å². The van der Waals surface area contributed by atoms with Crippen LogP contribution in [0.1, 0.15) is 39.5 Å². The van der Waals surface area contributed by atoms with E-state index in [1.807, 2.05) is 6.92 Å². The molecule has 1 amide bonds. The average Bonchev–Trinajstić information content (AvgIpc) is 2.26. The van der Waals surface area contributed by atoms with Crippen molar-refractivity contribution in [2.75, 3.05) is 18.1 Å². The Hall–Kier alpha value is -0.620. The molecule has 1 rings (SSSR count). The van der Waals surface area contributed by atoms with Gasteiger partial charge in [0.15, 0.2) is 9.84 Å². The van der Waals surface area contributed by atoms with E-state index in [1.54, 1.807) is 0 Å². The Bertz CT molecular complexity index is 368. The van der Waals surface area contributed by atoms with Crippen molar-refractivity contribution in [2.24, 2.45) is 0 Å². The molecular formula is C12H24N2O3S. The van der Waals surface area contributed by atoms with E-state index >= 15 is 0 Å². The Morgan fingerprint density at radius 1 is 1.44 bits per heavy atom. The van der Waals surface area contributed by atoms with Crippen LogP contribution in [0.4, 0.5) is 0 Å². The Kier molecular flexibility index (Phi) is 6.08. The maximum absolute atomic E-state index is 11.8. The minimum absolute atomic E-state index is 0.0510. The molecule has 6 heteroatoms. The molecule has 0 aromatic rings. The monoisotopic (exact) mass is 276 g/mol. The van der Waals surface area contributed by atoms with Crippen LogP contribution in [0.5, 0.6) is 0 Å². The van der Waals surface area contributed by atoms with Crippen LogP contribution in [0.2, 0.25) is 0 Å². The Morgan fingerprint density at radius 2 is 2.17 bits per heavy atom. The summed E-state index contributed by atoms with van der Waals surface area (Å²) in [6, 6.07) is -0.0226. The van der Waals surface area contributed by atoms with E-state index in [4.69, 9.17) is 0 Å². The molecular weight excluding hydrogens is 252 g/mol. The number of hydrogen-bond acceptors (Lipinski definition) is 4. The van der Waals surface area contributed by atoms with E-state index < -0.39 is 9.84 Å². The third kappa shape index (κ3) is 5.35. The molecule has 0 aromatic carbocycles. The first-order valence-corrected chi connectivity index (χ1v) is 8.52. The van der Waals surface area contributed by atoms with E-state index in [9.17, 15) is 13.2 Å². The Balaban J connectivity index is 2.39. The lowest BCUT2D eigenvalue weighted by molar-refractivity contribution is -0.122. The topological polar surface area (TPSA) is 75.3 Å². The van der Waals surface area contributed by atoms with Crippen molar-refractivity contribution in [3.8, 4) is 0 Å². The van der Waals surface area contributed by atoms with Gasteiger partial charge >= 0.3 is 0 Å². The molecule has 0 saturated carbocycles. The standard InChI is InChI=1S/C12H24N2O3S/c1-3-5-10(4-2)14-12(15)8-11-9-18(16,17)7-6-13-11/h10-11,13H,3-9H2,1-2H3,(H,14,15). The molecule has 1 aliphatic heterocycles. The summed E-state index contributed by atoms with van der Waals surface area (Å²) in [6.07, 6.45) is 3.17. The maximum atomic E-state index is 11.8. The van der Waals surface area contributed by atoms with E-state index in [0.29, 0.717) is 6.54 Å². The molecule has 0 bridgehead atoms. The summed E-state index contributed by atoms with van der Waals surface area (Å²) in [7, 11) is -2.96. The van der Waals surface area contributed by atoms with Crippen LogP contribution in [0.15, 0.2) is 0 Å². The highest BCUT2D eigenvalue weighted by Gasteiger charge is 2.26. The highest BCUT2D eigenvalue weighted by atomic mass is 32.2. The minimum atomic E-state index is -2.96. The second-order valence-electron chi connectivity index (χ2n) is 4.93. The van der Waals surface area contributed by atoms with Crippen LogP contribution in [-0.4, -0.2) is 44.5 Å². The SMILES string of the molecule is CCCC(CC)NC(=O)CC1CS(=O)(=O)CCN1. The number of amides is 1. The normalized spacial score (nSPS) is 24.4. The van der Waals surface area contributed by atoms with E-state index in [1.165, 1.54) is 0 Å². The third-order valence-electron chi connectivity index (χ3n) is 3.23. The lowest BCUT2D eigenvalue weighted by Gasteiger charge is -2.24. The van der Waals surface area contributed by atoms with E-state index in [2.05, 4.69) is 17.6 Å². The first-order valence-electron chi connectivity index (χ1n) is 6.70. The van der Waals surface area contributed by atoms with Crippen molar-refractivity contribution in [3.63, 3.8) is 0 Å². The number of hydrogen-bond donors (Lipinski definition) is 2. The minimum Gasteiger partial charge on any atom is -0.353 e. The third-order valence-corrected chi connectivity index (χ3v) is 4.96. The van der Waals surface area contributed by atoms with Gasteiger partial charge in [0.05, 0.1) is 11.5 Å². The molecule has 2 N–H and O–H groups in total. The molecule has 0 spiro atoms. The summed E-state index contributed by atoms with van der Waals surface area (Å²) < 4.78 is 22.9. The average molecular weight is 276 g/mol. The molecule has 2 atom stereocenters.